The first-order valence-electron chi connectivity index (χ1n) is 3.76. The third-order valence-corrected chi connectivity index (χ3v) is 3.84. The highest BCUT2D eigenvalue weighted by atomic mass is 33.1. The monoisotopic (exact) mass is 234 g/mol. The minimum atomic E-state index is -3.47. The normalized spacial score (nSPS) is 11.5. The second-order valence-electron chi connectivity index (χ2n) is 2.50. The summed E-state index contributed by atoms with van der Waals surface area (Å²) in [6, 6.07) is 6.16. The molecule has 0 saturated carbocycles. The summed E-state index contributed by atoms with van der Waals surface area (Å²) in [7, 11) is -2.82. The quantitative estimate of drug-likeness (QED) is 0.800. The second kappa shape index (κ2) is 4.68. The lowest BCUT2D eigenvalue weighted by Crippen LogP contribution is -1.99. The van der Waals surface area contributed by atoms with Crippen molar-refractivity contribution in [2.45, 2.75) is 6.61 Å². The Kier molecular flexibility index (Phi) is 3.79. The lowest BCUT2D eigenvalue weighted by atomic mass is 10.2. The van der Waals surface area contributed by atoms with Gasteiger partial charge in [-0.15, -0.1) is 0 Å². The highest BCUT2D eigenvalue weighted by molar-refractivity contribution is 8.70. The zero-order valence-electron chi connectivity index (χ0n) is 7.50. The Balaban J connectivity index is 2.59. The van der Waals surface area contributed by atoms with Crippen LogP contribution in [-0.4, -0.2) is 19.8 Å². The number of rotatable bonds is 4. The maximum Gasteiger partial charge on any atom is 0.322 e. The Hall–Kier alpha value is -0.720. The van der Waals surface area contributed by atoms with Crippen LogP contribution < -0.4 is 0 Å². The lowest BCUT2D eigenvalue weighted by molar-refractivity contribution is 0.319. The van der Waals surface area contributed by atoms with Crippen molar-refractivity contribution >= 4 is 19.9 Å². The molecular weight excluding hydrogens is 224 g/mol. The molecule has 0 saturated heterocycles. The predicted octanol–water partition coefficient (Wildman–Crippen LogP) is 1.52. The number of phenols is 1. The van der Waals surface area contributed by atoms with Crippen LogP contribution in [0.5, 0.6) is 5.75 Å². The molecule has 0 unspecified atom stereocenters. The molecule has 0 bridgehead atoms. The van der Waals surface area contributed by atoms with Crippen LogP contribution in [0.1, 0.15) is 5.56 Å². The van der Waals surface area contributed by atoms with Crippen molar-refractivity contribution in [1.29, 1.82) is 0 Å². The van der Waals surface area contributed by atoms with E-state index in [0.29, 0.717) is 16.4 Å². The van der Waals surface area contributed by atoms with E-state index in [0.717, 1.165) is 0 Å². The van der Waals surface area contributed by atoms with Crippen molar-refractivity contribution in [3.8, 4) is 5.75 Å². The van der Waals surface area contributed by atoms with Crippen molar-refractivity contribution < 1.29 is 17.7 Å². The maximum absolute atomic E-state index is 10.9. The number of hydrogen-bond acceptors (Lipinski definition) is 5. The Bertz CT molecular complexity index is 382. The summed E-state index contributed by atoms with van der Waals surface area (Å²) in [6.07, 6.45) is 1.44. The van der Waals surface area contributed by atoms with E-state index < -0.39 is 9.15 Å². The molecule has 0 heterocycles. The van der Waals surface area contributed by atoms with Gasteiger partial charge in [0.15, 0.2) is 0 Å². The van der Waals surface area contributed by atoms with Gasteiger partial charge in [0, 0.05) is 0 Å². The van der Waals surface area contributed by atoms with Crippen molar-refractivity contribution in [3.05, 3.63) is 29.8 Å². The van der Waals surface area contributed by atoms with Gasteiger partial charge in [0.1, 0.15) is 5.75 Å². The first kappa shape index (κ1) is 11.4. The molecular formula is C8H10O4S2. The highest BCUT2D eigenvalue weighted by Gasteiger charge is 2.08. The predicted molar refractivity (Wildman–Crippen MR) is 55.3 cm³/mol. The zero-order valence-corrected chi connectivity index (χ0v) is 9.14. The zero-order chi connectivity index (χ0) is 10.6. The number of hydrogen-bond donors (Lipinski definition) is 1. The third-order valence-electron chi connectivity index (χ3n) is 1.51. The molecule has 1 N–H and O–H groups in total. The molecule has 0 aliphatic heterocycles. The summed E-state index contributed by atoms with van der Waals surface area (Å²) in [4.78, 5) is 0. The SMILES string of the molecule is CSS(=O)(=O)OCc1ccc(O)cc1. The standard InChI is InChI=1S/C8H10O4S2/c1-13-14(10,11)12-6-7-2-4-8(9)5-3-7/h2-5,9H,6H2,1H3. The van der Waals surface area contributed by atoms with Gasteiger partial charge in [-0.3, -0.25) is 4.18 Å². The molecule has 14 heavy (non-hydrogen) atoms. The van der Waals surface area contributed by atoms with Gasteiger partial charge in [0.2, 0.25) is 0 Å². The maximum atomic E-state index is 10.9. The van der Waals surface area contributed by atoms with Crippen LogP contribution in [0.15, 0.2) is 24.3 Å². The molecule has 0 aromatic heterocycles. The number of phenolic OH excluding ortho intramolecular Hbond substituents is 1. The molecule has 0 amide bonds. The average Bonchev–Trinajstić information content (AvgIpc) is 2.17. The van der Waals surface area contributed by atoms with E-state index >= 15 is 0 Å². The summed E-state index contributed by atoms with van der Waals surface area (Å²) < 4.78 is 26.5. The van der Waals surface area contributed by atoms with Gasteiger partial charge in [-0.05, 0) is 34.7 Å². The van der Waals surface area contributed by atoms with Crippen LogP contribution in [0.3, 0.4) is 0 Å². The van der Waals surface area contributed by atoms with Crippen molar-refractivity contribution in [1.82, 2.24) is 0 Å². The molecule has 0 aliphatic carbocycles. The molecule has 78 valence electrons. The molecule has 1 rings (SSSR count). The van der Waals surface area contributed by atoms with E-state index in [4.69, 9.17) is 5.11 Å². The van der Waals surface area contributed by atoms with Crippen LogP contribution in [-0.2, 0) is 19.9 Å². The summed E-state index contributed by atoms with van der Waals surface area (Å²) in [5.74, 6) is 0.140. The molecule has 4 nitrogen and oxygen atoms in total. The van der Waals surface area contributed by atoms with Gasteiger partial charge < -0.3 is 5.11 Å². The van der Waals surface area contributed by atoms with E-state index in [2.05, 4.69) is 4.18 Å². The van der Waals surface area contributed by atoms with Crippen LogP contribution in [0, 0.1) is 0 Å². The Morgan fingerprint density at radius 1 is 1.36 bits per heavy atom. The number of benzene rings is 1. The van der Waals surface area contributed by atoms with Crippen molar-refractivity contribution in [2.24, 2.45) is 0 Å². The topological polar surface area (TPSA) is 63.6 Å². The third kappa shape index (κ3) is 3.57. The minimum Gasteiger partial charge on any atom is -0.508 e. The van der Waals surface area contributed by atoms with Gasteiger partial charge >= 0.3 is 9.15 Å². The van der Waals surface area contributed by atoms with Gasteiger partial charge in [0.05, 0.1) is 6.61 Å². The largest absolute Gasteiger partial charge is 0.508 e. The Labute approximate surface area is 86.4 Å². The van der Waals surface area contributed by atoms with Gasteiger partial charge in [-0.25, -0.2) is 0 Å². The van der Waals surface area contributed by atoms with E-state index in [9.17, 15) is 8.42 Å². The Morgan fingerprint density at radius 3 is 2.43 bits per heavy atom. The first-order valence-corrected chi connectivity index (χ1v) is 6.91. The molecule has 0 radical (unpaired) electrons. The van der Waals surface area contributed by atoms with Gasteiger partial charge in [0.25, 0.3) is 0 Å². The van der Waals surface area contributed by atoms with Gasteiger partial charge in [-0.1, -0.05) is 12.1 Å². The second-order valence-corrected chi connectivity index (χ2v) is 6.11. The summed E-state index contributed by atoms with van der Waals surface area (Å²) >= 11 is 0. The fraction of sp³-hybridized carbons (Fsp3) is 0.250. The van der Waals surface area contributed by atoms with E-state index in [1.807, 2.05) is 0 Å². The smallest absolute Gasteiger partial charge is 0.322 e. The molecule has 0 atom stereocenters. The molecule has 0 aliphatic rings. The van der Waals surface area contributed by atoms with Crippen LogP contribution in [0.2, 0.25) is 0 Å². The summed E-state index contributed by atoms with van der Waals surface area (Å²) in [5.41, 5.74) is 0.695. The van der Waals surface area contributed by atoms with E-state index in [1.165, 1.54) is 18.4 Å². The highest BCUT2D eigenvalue weighted by Crippen LogP contribution is 2.15. The van der Waals surface area contributed by atoms with Crippen LogP contribution >= 0.6 is 10.8 Å². The van der Waals surface area contributed by atoms with E-state index in [-0.39, 0.29) is 12.4 Å². The summed E-state index contributed by atoms with van der Waals surface area (Å²) in [5, 5.41) is 8.97. The van der Waals surface area contributed by atoms with Crippen molar-refractivity contribution in [3.63, 3.8) is 0 Å². The molecule has 0 spiro atoms. The van der Waals surface area contributed by atoms with Crippen molar-refractivity contribution in [2.75, 3.05) is 6.26 Å². The molecule has 6 heteroatoms. The summed E-state index contributed by atoms with van der Waals surface area (Å²) in [6.45, 7) is -0.0105. The fourth-order valence-electron chi connectivity index (χ4n) is 0.780. The number of aromatic hydroxyl groups is 1. The first-order chi connectivity index (χ1) is 6.53. The van der Waals surface area contributed by atoms with Crippen LogP contribution in [0.4, 0.5) is 0 Å². The fourth-order valence-corrected chi connectivity index (χ4v) is 1.59. The molecule has 0 fully saturated rings. The lowest BCUT2D eigenvalue weighted by Gasteiger charge is -2.02. The van der Waals surface area contributed by atoms with Crippen LogP contribution in [0.25, 0.3) is 0 Å². The molecule has 1 aromatic carbocycles. The minimum absolute atomic E-state index is 0.0105. The molecule has 1 aromatic rings. The van der Waals surface area contributed by atoms with E-state index in [1.54, 1.807) is 12.1 Å². The average molecular weight is 234 g/mol. The Morgan fingerprint density at radius 2 is 1.93 bits per heavy atom. The van der Waals surface area contributed by atoms with Gasteiger partial charge in [-0.2, -0.15) is 8.42 Å².